The van der Waals surface area contributed by atoms with Crippen molar-refractivity contribution in [2.45, 2.75) is 194 Å². The van der Waals surface area contributed by atoms with Gasteiger partial charge in [-0.25, -0.2) is 0 Å². The Morgan fingerprint density at radius 2 is 0.851 bits per heavy atom. The molecule has 0 fully saturated rings. The quantitative estimate of drug-likeness (QED) is 0.0487. The monoisotopic (exact) mass is 658 g/mol. The van der Waals surface area contributed by atoms with Crippen molar-refractivity contribution in [2.24, 2.45) is 0 Å². The van der Waals surface area contributed by atoms with Crippen molar-refractivity contribution in [3.8, 4) is 0 Å². The molecule has 0 rings (SSSR count). The maximum absolute atomic E-state index is 6.36. The zero-order valence-electron chi connectivity index (χ0n) is 32.4. The molecule has 0 aliphatic heterocycles. The third-order valence-electron chi connectivity index (χ3n) is 9.15. The number of unbranched alkanes of at least 4 members (excludes halogenated alkanes) is 18. The van der Waals surface area contributed by atoms with Gasteiger partial charge < -0.3 is 14.4 Å². The highest BCUT2D eigenvalue weighted by Crippen LogP contribution is 2.12. The van der Waals surface area contributed by atoms with E-state index in [9.17, 15) is 0 Å². The predicted octanol–water partition coefficient (Wildman–Crippen LogP) is 13.7. The molecule has 0 saturated heterocycles. The highest BCUT2D eigenvalue weighted by Gasteiger charge is 2.11. The van der Waals surface area contributed by atoms with E-state index in [1.54, 1.807) is 0 Å². The average Bonchev–Trinajstić information content (AvgIpc) is 3.09. The van der Waals surface area contributed by atoms with E-state index in [-0.39, 0.29) is 6.10 Å². The molecule has 276 valence electrons. The van der Waals surface area contributed by atoms with Gasteiger partial charge in [0, 0.05) is 19.8 Å². The molecule has 0 aromatic rings. The van der Waals surface area contributed by atoms with Gasteiger partial charge in [0.15, 0.2) is 0 Å². The third-order valence-corrected chi connectivity index (χ3v) is 9.15. The second-order valence-corrected chi connectivity index (χ2v) is 13.6. The fourth-order valence-corrected chi connectivity index (χ4v) is 5.83. The molecule has 0 aliphatic carbocycles. The van der Waals surface area contributed by atoms with E-state index in [2.05, 4.69) is 81.2 Å². The first kappa shape index (κ1) is 45.8. The molecule has 0 radical (unpaired) electrons. The largest absolute Gasteiger partial charge is 0.379 e. The van der Waals surface area contributed by atoms with Crippen molar-refractivity contribution >= 4 is 0 Å². The summed E-state index contributed by atoms with van der Waals surface area (Å²) in [6.45, 7) is 14.9. The molecule has 3 nitrogen and oxygen atoms in total. The molecule has 0 heterocycles. The number of allylic oxidation sites excluding steroid dienone is 8. The van der Waals surface area contributed by atoms with Gasteiger partial charge >= 0.3 is 0 Å². The first-order chi connectivity index (χ1) is 23.3. The van der Waals surface area contributed by atoms with Crippen LogP contribution in [0.3, 0.4) is 0 Å². The molecule has 0 bridgehead atoms. The SMILES string of the molecule is CCCCC/C=C/C/C=C/CCCCCCCCOC[C@@H](CCN(CC)CC)OCCCCCCCC/C=C/C/C=C/CCCCC. The van der Waals surface area contributed by atoms with Crippen molar-refractivity contribution in [3.05, 3.63) is 48.6 Å². The van der Waals surface area contributed by atoms with Crippen LogP contribution in [0, 0.1) is 0 Å². The van der Waals surface area contributed by atoms with Crippen LogP contribution in [0.4, 0.5) is 0 Å². The number of rotatable bonds is 38. The summed E-state index contributed by atoms with van der Waals surface area (Å²) < 4.78 is 12.5. The van der Waals surface area contributed by atoms with Crippen LogP contribution in [0.25, 0.3) is 0 Å². The Labute approximate surface area is 296 Å². The molecule has 0 N–H and O–H groups in total. The lowest BCUT2D eigenvalue weighted by atomic mass is 10.1. The number of ether oxygens (including phenoxy) is 2. The molecule has 0 saturated carbocycles. The van der Waals surface area contributed by atoms with Crippen molar-refractivity contribution in [1.82, 2.24) is 4.90 Å². The summed E-state index contributed by atoms with van der Waals surface area (Å²) in [5, 5.41) is 0. The van der Waals surface area contributed by atoms with Crippen LogP contribution in [-0.2, 0) is 9.47 Å². The van der Waals surface area contributed by atoms with Gasteiger partial charge in [-0.3, -0.25) is 0 Å². The van der Waals surface area contributed by atoms with E-state index in [1.165, 1.54) is 141 Å². The Bertz CT molecular complexity index is 693. The molecule has 3 heteroatoms. The van der Waals surface area contributed by atoms with E-state index in [1.807, 2.05) is 0 Å². The molecule has 1 atom stereocenters. The van der Waals surface area contributed by atoms with Crippen LogP contribution in [-0.4, -0.2) is 50.5 Å². The van der Waals surface area contributed by atoms with E-state index in [4.69, 9.17) is 9.47 Å². The molecule has 0 aromatic carbocycles. The Morgan fingerprint density at radius 1 is 0.447 bits per heavy atom. The number of nitrogens with zero attached hydrogens (tertiary/aromatic N) is 1. The van der Waals surface area contributed by atoms with Crippen molar-refractivity contribution in [3.63, 3.8) is 0 Å². The molecule has 0 spiro atoms. The summed E-state index contributed by atoms with van der Waals surface area (Å²) in [6.07, 6.45) is 51.0. The molecule has 0 aromatic heterocycles. The first-order valence-corrected chi connectivity index (χ1v) is 20.8. The summed E-state index contributed by atoms with van der Waals surface area (Å²) in [6, 6.07) is 0. The van der Waals surface area contributed by atoms with E-state index >= 15 is 0 Å². The summed E-state index contributed by atoms with van der Waals surface area (Å²) in [4.78, 5) is 2.50. The highest BCUT2D eigenvalue weighted by atomic mass is 16.5. The fraction of sp³-hybridized carbons (Fsp3) is 0.818. The van der Waals surface area contributed by atoms with Gasteiger partial charge in [-0.15, -0.1) is 0 Å². The average molecular weight is 658 g/mol. The molecule has 0 aliphatic rings. The summed E-state index contributed by atoms with van der Waals surface area (Å²) in [5.74, 6) is 0. The van der Waals surface area contributed by atoms with Crippen molar-refractivity contribution < 1.29 is 9.47 Å². The van der Waals surface area contributed by atoms with E-state index in [0.717, 1.165) is 58.7 Å². The van der Waals surface area contributed by atoms with Crippen LogP contribution < -0.4 is 0 Å². The lowest BCUT2D eigenvalue weighted by molar-refractivity contribution is -0.0259. The van der Waals surface area contributed by atoms with Crippen LogP contribution >= 0.6 is 0 Å². The topological polar surface area (TPSA) is 21.7 Å². The maximum atomic E-state index is 6.36. The molecule has 0 amide bonds. The van der Waals surface area contributed by atoms with Gasteiger partial charge in [0.1, 0.15) is 0 Å². The summed E-state index contributed by atoms with van der Waals surface area (Å²) >= 11 is 0. The molecule has 0 unspecified atom stereocenters. The first-order valence-electron chi connectivity index (χ1n) is 20.8. The second kappa shape index (κ2) is 41.0. The lowest BCUT2D eigenvalue weighted by Gasteiger charge is -2.23. The zero-order chi connectivity index (χ0) is 34.1. The Hall–Kier alpha value is -1.16. The van der Waals surface area contributed by atoms with Gasteiger partial charge in [-0.05, 0) is 96.6 Å². The smallest absolute Gasteiger partial charge is 0.0820 e. The van der Waals surface area contributed by atoms with Crippen LogP contribution in [0.15, 0.2) is 48.6 Å². The second-order valence-electron chi connectivity index (χ2n) is 13.6. The summed E-state index contributed by atoms with van der Waals surface area (Å²) in [5.41, 5.74) is 0. The Morgan fingerprint density at radius 3 is 1.30 bits per heavy atom. The molecular formula is C44H83NO2. The molecule has 47 heavy (non-hydrogen) atoms. The highest BCUT2D eigenvalue weighted by molar-refractivity contribution is 4.93. The standard InChI is InChI=1S/C44H83NO2/c1-5-9-11-13-15-17-19-21-23-25-27-29-31-33-35-37-41-46-43-44(39-40-45(7-3)8-4)47-42-38-36-34-32-30-28-26-24-22-20-18-16-14-12-10-6-2/h15-18,21-24,44H,5-14,19-20,25-43H2,1-4H3/b17-15+,18-16+,23-21+,24-22+/t44-/m1/s1. The normalized spacial score (nSPS) is 13.1. The minimum atomic E-state index is 0.234. The summed E-state index contributed by atoms with van der Waals surface area (Å²) in [7, 11) is 0. The minimum absolute atomic E-state index is 0.234. The van der Waals surface area contributed by atoms with E-state index in [0.29, 0.717) is 0 Å². The fourth-order valence-electron chi connectivity index (χ4n) is 5.83. The van der Waals surface area contributed by atoms with Gasteiger partial charge in [0.2, 0.25) is 0 Å². The number of hydrogen-bond donors (Lipinski definition) is 0. The number of hydrogen-bond acceptors (Lipinski definition) is 3. The van der Waals surface area contributed by atoms with E-state index < -0.39 is 0 Å². The van der Waals surface area contributed by atoms with Gasteiger partial charge in [-0.2, -0.15) is 0 Å². The predicted molar refractivity (Wildman–Crippen MR) is 212 cm³/mol. The van der Waals surface area contributed by atoms with Crippen molar-refractivity contribution in [2.75, 3.05) is 39.5 Å². The molecular weight excluding hydrogens is 574 g/mol. The van der Waals surface area contributed by atoms with Gasteiger partial charge in [-0.1, -0.05) is 153 Å². The van der Waals surface area contributed by atoms with Crippen LogP contribution in [0.2, 0.25) is 0 Å². The van der Waals surface area contributed by atoms with Gasteiger partial charge in [0.25, 0.3) is 0 Å². The van der Waals surface area contributed by atoms with Crippen molar-refractivity contribution in [1.29, 1.82) is 0 Å². The Kier molecular flexibility index (Phi) is 40.0. The van der Waals surface area contributed by atoms with Crippen LogP contribution in [0.1, 0.15) is 188 Å². The Balaban J connectivity index is 3.82. The third kappa shape index (κ3) is 37.5. The van der Waals surface area contributed by atoms with Crippen LogP contribution in [0.5, 0.6) is 0 Å². The maximum Gasteiger partial charge on any atom is 0.0820 e. The minimum Gasteiger partial charge on any atom is -0.379 e. The zero-order valence-corrected chi connectivity index (χ0v) is 32.4. The lowest BCUT2D eigenvalue weighted by Crippen LogP contribution is -2.30. The van der Waals surface area contributed by atoms with Gasteiger partial charge in [0.05, 0.1) is 12.7 Å².